The molecule has 2 heterocycles. The smallest absolute Gasteiger partial charge is 0.242 e. The van der Waals surface area contributed by atoms with Gasteiger partial charge >= 0.3 is 0 Å². The number of aryl methyl sites for hydroxylation is 1. The van der Waals surface area contributed by atoms with Crippen LogP contribution >= 0.6 is 0 Å². The maximum atomic E-state index is 12.3. The molecule has 1 fully saturated rings. The monoisotopic (exact) mass is 280 g/mol. The molecule has 2 atom stereocenters. The van der Waals surface area contributed by atoms with Crippen LogP contribution in [0.2, 0.25) is 0 Å². The lowest BCUT2D eigenvalue weighted by atomic mass is 10.1. The predicted molar refractivity (Wildman–Crippen MR) is 76.3 cm³/mol. The van der Waals surface area contributed by atoms with Crippen molar-refractivity contribution >= 4 is 5.91 Å². The van der Waals surface area contributed by atoms with E-state index in [0.29, 0.717) is 26.1 Å². The van der Waals surface area contributed by atoms with Crippen LogP contribution < -0.4 is 0 Å². The van der Waals surface area contributed by atoms with Crippen LogP contribution in [-0.4, -0.2) is 69.7 Å². The van der Waals surface area contributed by atoms with E-state index in [-0.39, 0.29) is 18.1 Å². The van der Waals surface area contributed by atoms with Gasteiger partial charge in [-0.05, 0) is 33.9 Å². The van der Waals surface area contributed by atoms with Crippen molar-refractivity contribution in [3.63, 3.8) is 0 Å². The molecule has 1 aliphatic heterocycles. The molecule has 0 unspecified atom stereocenters. The highest BCUT2D eigenvalue weighted by Crippen LogP contribution is 2.16. The van der Waals surface area contributed by atoms with Crippen LogP contribution in [0.25, 0.3) is 0 Å². The third-order valence-corrected chi connectivity index (χ3v) is 4.08. The first kappa shape index (κ1) is 15.0. The Morgan fingerprint density at radius 1 is 1.45 bits per heavy atom. The maximum absolute atomic E-state index is 12.3. The summed E-state index contributed by atoms with van der Waals surface area (Å²) >= 11 is 0. The van der Waals surface area contributed by atoms with Gasteiger partial charge in [0.25, 0.3) is 0 Å². The Morgan fingerprint density at radius 2 is 2.15 bits per heavy atom. The van der Waals surface area contributed by atoms with E-state index in [4.69, 9.17) is 0 Å². The van der Waals surface area contributed by atoms with E-state index in [0.717, 1.165) is 12.2 Å². The molecule has 1 N–H and O–H groups in total. The molecule has 2 rings (SSSR count). The van der Waals surface area contributed by atoms with Gasteiger partial charge in [0.2, 0.25) is 5.91 Å². The van der Waals surface area contributed by atoms with Crippen molar-refractivity contribution in [2.45, 2.75) is 38.5 Å². The van der Waals surface area contributed by atoms with Crippen LogP contribution in [0.4, 0.5) is 0 Å². The highest BCUT2D eigenvalue weighted by molar-refractivity contribution is 5.76. The fourth-order valence-corrected chi connectivity index (χ4v) is 2.74. The van der Waals surface area contributed by atoms with Gasteiger partial charge in [-0.1, -0.05) is 0 Å². The Labute approximate surface area is 120 Å². The number of aliphatic hydroxyl groups excluding tert-OH is 1. The summed E-state index contributed by atoms with van der Waals surface area (Å²) in [7, 11) is 3.94. The number of rotatable bonds is 3. The van der Waals surface area contributed by atoms with Crippen LogP contribution in [0.1, 0.15) is 18.7 Å². The molecule has 1 aromatic heterocycles. The summed E-state index contributed by atoms with van der Waals surface area (Å²) in [4.78, 5) is 20.4. The number of aromatic nitrogens is 2. The second-order valence-corrected chi connectivity index (χ2v) is 5.66. The largest absolute Gasteiger partial charge is 0.391 e. The number of carbonyl (C=O) groups is 1. The first-order chi connectivity index (χ1) is 9.49. The van der Waals surface area contributed by atoms with E-state index < -0.39 is 0 Å². The molecule has 0 bridgehead atoms. The summed E-state index contributed by atoms with van der Waals surface area (Å²) in [6.45, 7) is 3.54. The van der Waals surface area contributed by atoms with E-state index in [1.807, 2.05) is 41.6 Å². The third-order valence-electron chi connectivity index (χ3n) is 4.08. The first-order valence-electron chi connectivity index (χ1n) is 7.09. The molecular formula is C14H24N4O2. The highest BCUT2D eigenvalue weighted by atomic mass is 16.3. The van der Waals surface area contributed by atoms with Gasteiger partial charge in [0.05, 0.1) is 6.10 Å². The highest BCUT2D eigenvalue weighted by Gasteiger charge is 2.28. The van der Waals surface area contributed by atoms with E-state index in [1.54, 1.807) is 6.20 Å². The molecule has 1 saturated heterocycles. The van der Waals surface area contributed by atoms with Crippen molar-refractivity contribution in [1.82, 2.24) is 19.4 Å². The van der Waals surface area contributed by atoms with Gasteiger partial charge in [-0.15, -0.1) is 0 Å². The number of hydrogen-bond acceptors (Lipinski definition) is 4. The zero-order valence-electron chi connectivity index (χ0n) is 12.5. The van der Waals surface area contributed by atoms with Gasteiger partial charge in [0.1, 0.15) is 12.4 Å². The molecule has 1 aromatic rings. The van der Waals surface area contributed by atoms with E-state index >= 15 is 0 Å². The summed E-state index contributed by atoms with van der Waals surface area (Å²) in [5, 5.41) is 10.1. The fraction of sp³-hybridized carbons (Fsp3) is 0.714. The number of hydrogen-bond donors (Lipinski definition) is 1. The number of nitrogens with zero attached hydrogens (tertiary/aromatic N) is 4. The zero-order valence-corrected chi connectivity index (χ0v) is 12.5. The molecule has 0 radical (unpaired) electrons. The lowest BCUT2D eigenvalue weighted by molar-refractivity contribution is -0.131. The Bertz CT molecular complexity index is 458. The number of aliphatic hydroxyl groups is 1. The molecule has 0 spiro atoms. The Kier molecular flexibility index (Phi) is 4.77. The third kappa shape index (κ3) is 3.37. The number of likely N-dealkylation sites (tertiary alicyclic amines) is 1. The Hall–Kier alpha value is -1.40. The first-order valence-corrected chi connectivity index (χ1v) is 7.09. The summed E-state index contributed by atoms with van der Waals surface area (Å²) in [6, 6.07) is 0.128. The molecule has 0 saturated carbocycles. The molecular weight excluding hydrogens is 256 g/mol. The average molecular weight is 280 g/mol. The molecule has 6 nitrogen and oxygen atoms in total. The van der Waals surface area contributed by atoms with E-state index in [2.05, 4.69) is 4.98 Å². The predicted octanol–water partition coefficient (Wildman–Crippen LogP) is 0.105. The van der Waals surface area contributed by atoms with Crippen LogP contribution in [0.3, 0.4) is 0 Å². The molecule has 20 heavy (non-hydrogen) atoms. The van der Waals surface area contributed by atoms with Crippen molar-refractivity contribution in [3.8, 4) is 0 Å². The normalized spacial score (nSPS) is 23.9. The standard InChI is InChI=1S/C14H24N4O2/c1-11-15-6-9-18(11)10-14(20)17-7-4-12(16(2)3)13(19)5-8-17/h6,9,12-13,19H,4-5,7-8,10H2,1-3H3/t12-,13-/m0/s1. The number of likely N-dealkylation sites (N-methyl/N-ethyl adjacent to an activating group) is 1. The van der Waals surface area contributed by atoms with Crippen LogP contribution in [0.15, 0.2) is 12.4 Å². The minimum Gasteiger partial charge on any atom is -0.391 e. The Balaban J connectivity index is 1.96. The molecule has 112 valence electrons. The minimum atomic E-state index is -0.363. The second kappa shape index (κ2) is 6.37. The van der Waals surface area contributed by atoms with E-state index in [1.165, 1.54) is 0 Å². The molecule has 1 aliphatic rings. The van der Waals surface area contributed by atoms with Gasteiger partial charge in [-0.3, -0.25) is 4.79 Å². The van der Waals surface area contributed by atoms with Crippen LogP contribution in [0.5, 0.6) is 0 Å². The zero-order chi connectivity index (χ0) is 14.7. The van der Waals surface area contributed by atoms with Crippen molar-refractivity contribution in [2.24, 2.45) is 0 Å². The second-order valence-electron chi connectivity index (χ2n) is 5.66. The fourth-order valence-electron chi connectivity index (χ4n) is 2.74. The van der Waals surface area contributed by atoms with Crippen LogP contribution in [-0.2, 0) is 11.3 Å². The average Bonchev–Trinajstić information content (AvgIpc) is 2.68. The topological polar surface area (TPSA) is 61.6 Å². The number of imidazole rings is 1. The summed E-state index contributed by atoms with van der Waals surface area (Å²) < 4.78 is 1.85. The van der Waals surface area contributed by atoms with Crippen molar-refractivity contribution in [2.75, 3.05) is 27.2 Å². The quantitative estimate of drug-likeness (QED) is 0.853. The van der Waals surface area contributed by atoms with Crippen molar-refractivity contribution in [1.29, 1.82) is 0 Å². The van der Waals surface area contributed by atoms with Gasteiger partial charge in [-0.25, -0.2) is 4.98 Å². The lowest BCUT2D eigenvalue weighted by Crippen LogP contribution is -2.39. The minimum absolute atomic E-state index is 0.0951. The molecule has 6 heteroatoms. The summed E-state index contributed by atoms with van der Waals surface area (Å²) in [5.41, 5.74) is 0. The van der Waals surface area contributed by atoms with Crippen LogP contribution in [0, 0.1) is 6.92 Å². The van der Waals surface area contributed by atoms with Crippen molar-refractivity contribution in [3.05, 3.63) is 18.2 Å². The molecule has 0 aromatic carbocycles. The summed E-state index contributed by atoms with van der Waals surface area (Å²) in [6.07, 6.45) is 4.61. The molecule has 1 amide bonds. The van der Waals surface area contributed by atoms with Gasteiger partial charge in [0.15, 0.2) is 0 Å². The number of carbonyl (C=O) groups excluding carboxylic acids is 1. The van der Waals surface area contributed by atoms with Crippen molar-refractivity contribution < 1.29 is 9.90 Å². The number of amides is 1. The SMILES string of the molecule is Cc1nccn1CC(=O)N1CC[C@H](O)[C@@H](N(C)C)CC1. The van der Waals surface area contributed by atoms with Gasteiger partial charge in [0, 0.05) is 31.5 Å². The summed E-state index contributed by atoms with van der Waals surface area (Å²) in [5.74, 6) is 0.942. The van der Waals surface area contributed by atoms with Gasteiger partial charge < -0.3 is 19.5 Å². The van der Waals surface area contributed by atoms with E-state index in [9.17, 15) is 9.90 Å². The van der Waals surface area contributed by atoms with Gasteiger partial charge in [-0.2, -0.15) is 0 Å². The molecule has 0 aliphatic carbocycles. The Morgan fingerprint density at radius 3 is 2.75 bits per heavy atom. The maximum Gasteiger partial charge on any atom is 0.242 e. The lowest BCUT2D eigenvalue weighted by Gasteiger charge is -2.26.